The van der Waals surface area contributed by atoms with E-state index < -0.39 is 19.9 Å². The molecule has 8 heteroatoms. The summed E-state index contributed by atoms with van der Waals surface area (Å²) in [7, 11) is -6.74. The number of nitrogens with one attached hydrogen (secondary N) is 1. The molecule has 118 valence electrons. The summed E-state index contributed by atoms with van der Waals surface area (Å²) in [5.41, 5.74) is 1.11. The molecule has 21 heavy (non-hydrogen) atoms. The number of aryl methyl sites for hydroxylation is 1. The topological polar surface area (TPSA) is 101 Å². The number of sulfone groups is 1. The number of hydrogen-bond acceptors (Lipinski definition) is 5. The quantitative estimate of drug-likeness (QED) is 0.828. The Balaban J connectivity index is 2.19. The van der Waals surface area contributed by atoms with Crippen molar-refractivity contribution in [2.45, 2.75) is 37.3 Å². The monoisotopic (exact) mass is 333 g/mol. The second-order valence-corrected chi connectivity index (χ2v) is 9.29. The van der Waals surface area contributed by atoms with Gasteiger partial charge < -0.3 is 5.11 Å². The van der Waals surface area contributed by atoms with Crippen LogP contribution in [0.3, 0.4) is 0 Å². The molecule has 0 unspecified atom stereocenters. The summed E-state index contributed by atoms with van der Waals surface area (Å²) >= 11 is 0. The lowest BCUT2D eigenvalue weighted by Gasteiger charge is -2.23. The summed E-state index contributed by atoms with van der Waals surface area (Å²) in [5, 5.41) is 9.12. The Morgan fingerprint density at radius 3 is 2.48 bits per heavy atom. The van der Waals surface area contributed by atoms with E-state index in [0.717, 1.165) is 0 Å². The van der Waals surface area contributed by atoms with Gasteiger partial charge in [-0.2, -0.15) is 0 Å². The first-order valence-corrected chi connectivity index (χ1v) is 9.97. The van der Waals surface area contributed by atoms with E-state index in [1.165, 1.54) is 6.07 Å². The van der Waals surface area contributed by atoms with Crippen LogP contribution >= 0.6 is 0 Å². The zero-order valence-corrected chi connectivity index (χ0v) is 13.4. The van der Waals surface area contributed by atoms with Crippen molar-refractivity contribution < 1.29 is 21.9 Å². The number of hydrogen-bond donors (Lipinski definition) is 2. The summed E-state index contributed by atoms with van der Waals surface area (Å²) in [5.74, 6) is 0.0195. The Kier molecular flexibility index (Phi) is 4.72. The molecule has 0 bridgehead atoms. The van der Waals surface area contributed by atoms with E-state index in [0.29, 0.717) is 24.0 Å². The summed E-state index contributed by atoms with van der Waals surface area (Å²) in [6.45, 7) is 1.45. The Bertz CT molecular complexity index is 711. The first-order valence-electron chi connectivity index (χ1n) is 6.67. The van der Waals surface area contributed by atoms with Crippen molar-refractivity contribution in [2.24, 2.45) is 0 Å². The van der Waals surface area contributed by atoms with E-state index in [9.17, 15) is 16.8 Å². The smallest absolute Gasteiger partial charge is 0.241 e. The van der Waals surface area contributed by atoms with Gasteiger partial charge >= 0.3 is 0 Å². The molecule has 0 spiro atoms. The Morgan fingerprint density at radius 1 is 1.29 bits per heavy atom. The molecule has 0 radical (unpaired) electrons. The molecule has 0 aromatic heterocycles. The molecule has 1 saturated heterocycles. The number of aliphatic hydroxyl groups excluding tert-OH is 1. The van der Waals surface area contributed by atoms with Crippen LogP contribution in [-0.4, -0.2) is 39.5 Å². The molecule has 6 nitrogen and oxygen atoms in total. The van der Waals surface area contributed by atoms with Gasteiger partial charge in [-0.25, -0.2) is 21.6 Å². The standard InChI is InChI=1S/C13H19NO5S2/c1-10-2-3-11(9-15)8-13(10)21(18,19)14-12-4-6-20(16,17)7-5-12/h2-3,8,12,14-15H,4-7,9H2,1H3. The Labute approximate surface area is 125 Å². The fourth-order valence-electron chi connectivity index (χ4n) is 2.32. The van der Waals surface area contributed by atoms with Gasteiger partial charge in [0.1, 0.15) is 9.84 Å². The molecule has 1 heterocycles. The maximum absolute atomic E-state index is 12.4. The first-order chi connectivity index (χ1) is 9.73. The predicted octanol–water partition coefficient (Wildman–Crippen LogP) is 0.343. The minimum Gasteiger partial charge on any atom is -0.392 e. The largest absolute Gasteiger partial charge is 0.392 e. The van der Waals surface area contributed by atoms with E-state index in [2.05, 4.69) is 4.72 Å². The molecule has 2 rings (SSSR count). The third-order valence-electron chi connectivity index (χ3n) is 3.60. The van der Waals surface area contributed by atoms with Gasteiger partial charge in [0.15, 0.2) is 0 Å². The molecular weight excluding hydrogens is 314 g/mol. The van der Waals surface area contributed by atoms with Crippen molar-refractivity contribution in [1.29, 1.82) is 0 Å². The molecule has 0 saturated carbocycles. The Morgan fingerprint density at radius 2 is 1.90 bits per heavy atom. The number of sulfonamides is 1. The van der Waals surface area contributed by atoms with E-state index in [4.69, 9.17) is 5.11 Å². The van der Waals surface area contributed by atoms with Crippen LogP contribution < -0.4 is 4.72 Å². The zero-order chi connectivity index (χ0) is 15.7. The lowest BCUT2D eigenvalue weighted by Crippen LogP contribution is -2.41. The minimum atomic E-state index is -3.72. The van der Waals surface area contributed by atoms with Crippen molar-refractivity contribution in [1.82, 2.24) is 4.72 Å². The normalized spacial score (nSPS) is 19.5. The number of benzene rings is 1. The zero-order valence-electron chi connectivity index (χ0n) is 11.7. The molecule has 1 fully saturated rings. The van der Waals surface area contributed by atoms with Crippen LogP contribution in [0.4, 0.5) is 0 Å². The fraction of sp³-hybridized carbons (Fsp3) is 0.538. The van der Waals surface area contributed by atoms with E-state index in [-0.39, 0.29) is 29.0 Å². The fourth-order valence-corrected chi connectivity index (χ4v) is 5.41. The molecule has 0 amide bonds. The summed E-state index contributed by atoms with van der Waals surface area (Å²) in [6.07, 6.45) is 0.584. The summed E-state index contributed by atoms with van der Waals surface area (Å²) < 4.78 is 50.1. The molecule has 2 N–H and O–H groups in total. The maximum atomic E-state index is 12.4. The van der Waals surface area contributed by atoms with Crippen molar-refractivity contribution in [2.75, 3.05) is 11.5 Å². The highest BCUT2D eigenvalue weighted by atomic mass is 32.2. The average Bonchev–Trinajstić information content (AvgIpc) is 2.41. The maximum Gasteiger partial charge on any atom is 0.241 e. The van der Waals surface area contributed by atoms with Crippen LogP contribution in [0.1, 0.15) is 24.0 Å². The summed E-state index contributed by atoms with van der Waals surface area (Å²) in [6, 6.07) is 4.39. The van der Waals surface area contributed by atoms with Gasteiger partial charge in [-0.15, -0.1) is 0 Å². The van der Waals surface area contributed by atoms with Crippen LogP contribution in [0.5, 0.6) is 0 Å². The molecule has 0 atom stereocenters. The second-order valence-electron chi connectivity index (χ2n) is 5.31. The highest BCUT2D eigenvalue weighted by Gasteiger charge is 2.28. The molecular formula is C13H19NO5S2. The van der Waals surface area contributed by atoms with Gasteiger partial charge in [-0.3, -0.25) is 0 Å². The van der Waals surface area contributed by atoms with Crippen LogP contribution in [0.15, 0.2) is 23.1 Å². The van der Waals surface area contributed by atoms with Crippen LogP contribution in [-0.2, 0) is 26.5 Å². The van der Waals surface area contributed by atoms with Gasteiger partial charge in [0.05, 0.1) is 23.0 Å². The van der Waals surface area contributed by atoms with E-state index >= 15 is 0 Å². The van der Waals surface area contributed by atoms with Gasteiger partial charge in [0.25, 0.3) is 0 Å². The van der Waals surface area contributed by atoms with E-state index in [1.54, 1.807) is 19.1 Å². The van der Waals surface area contributed by atoms with Crippen molar-refractivity contribution >= 4 is 19.9 Å². The predicted molar refractivity (Wildman–Crippen MR) is 79.1 cm³/mol. The minimum absolute atomic E-state index is 0.00977. The van der Waals surface area contributed by atoms with Gasteiger partial charge in [0, 0.05) is 6.04 Å². The number of rotatable bonds is 4. The highest BCUT2D eigenvalue weighted by molar-refractivity contribution is 7.91. The van der Waals surface area contributed by atoms with Gasteiger partial charge in [-0.1, -0.05) is 12.1 Å². The lowest BCUT2D eigenvalue weighted by atomic mass is 10.2. The molecule has 0 aliphatic carbocycles. The van der Waals surface area contributed by atoms with Crippen LogP contribution in [0.25, 0.3) is 0 Å². The molecule has 1 aliphatic heterocycles. The third-order valence-corrected chi connectivity index (χ3v) is 6.98. The average molecular weight is 333 g/mol. The highest BCUT2D eigenvalue weighted by Crippen LogP contribution is 2.20. The molecule has 1 aliphatic rings. The van der Waals surface area contributed by atoms with Crippen molar-refractivity contribution in [3.63, 3.8) is 0 Å². The lowest BCUT2D eigenvalue weighted by molar-refractivity contribution is 0.281. The van der Waals surface area contributed by atoms with E-state index in [1.807, 2.05) is 0 Å². The number of aliphatic hydroxyl groups is 1. The van der Waals surface area contributed by atoms with Gasteiger partial charge in [0.2, 0.25) is 10.0 Å². The van der Waals surface area contributed by atoms with Crippen molar-refractivity contribution in [3.05, 3.63) is 29.3 Å². The third kappa shape index (κ3) is 4.03. The molecule has 1 aromatic carbocycles. The Hall–Kier alpha value is -0.960. The SMILES string of the molecule is Cc1ccc(CO)cc1S(=O)(=O)NC1CCS(=O)(=O)CC1. The van der Waals surface area contributed by atoms with Crippen molar-refractivity contribution in [3.8, 4) is 0 Å². The van der Waals surface area contributed by atoms with Gasteiger partial charge in [-0.05, 0) is 37.0 Å². The van der Waals surface area contributed by atoms with Crippen LogP contribution in [0, 0.1) is 6.92 Å². The summed E-state index contributed by atoms with van der Waals surface area (Å²) in [4.78, 5) is 0.127. The first kappa shape index (κ1) is 16.4. The second kappa shape index (κ2) is 6.04. The van der Waals surface area contributed by atoms with Crippen LogP contribution in [0.2, 0.25) is 0 Å². The molecule has 1 aromatic rings.